The molecule has 1 heterocycles. The molecule has 0 unspecified atom stereocenters. The van der Waals surface area contributed by atoms with Gasteiger partial charge in [-0.25, -0.2) is 0 Å². The Hall–Kier alpha value is -2.32. The summed E-state index contributed by atoms with van der Waals surface area (Å²) in [4.78, 5) is 35.2. The normalized spacial score (nSPS) is 10.5. The van der Waals surface area contributed by atoms with Gasteiger partial charge in [-0.2, -0.15) is 0 Å². The Kier molecular flexibility index (Phi) is 8.09. The SMILES string of the molecule is CCc1c(C(=O)C(N)=O)c2c(OCC(=O)[O-])cccc2n1Cc1cccc(Cl)c1.[Na+]. The number of halogens is 1. The number of nitrogens with zero attached hydrogens (tertiary/aromatic N) is 1. The summed E-state index contributed by atoms with van der Waals surface area (Å²) in [6, 6.07) is 12.3. The molecule has 0 bridgehead atoms. The number of aliphatic carboxylic acids is 1. The maximum atomic E-state index is 12.7. The molecule has 2 aromatic carbocycles. The van der Waals surface area contributed by atoms with Crippen molar-refractivity contribution in [2.24, 2.45) is 5.73 Å². The number of ether oxygens (including phenoxy) is 1. The third kappa shape index (κ3) is 4.87. The number of amides is 1. The van der Waals surface area contributed by atoms with Gasteiger partial charge in [-0.15, -0.1) is 0 Å². The number of primary amides is 1. The third-order valence-electron chi connectivity index (χ3n) is 4.52. The molecular formula is C21H18ClN2NaO5. The molecule has 0 aliphatic rings. The van der Waals surface area contributed by atoms with E-state index in [0.29, 0.717) is 34.6 Å². The number of carboxylic acid groups (broad SMARTS) is 1. The zero-order valence-electron chi connectivity index (χ0n) is 16.6. The fourth-order valence-corrected chi connectivity index (χ4v) is 3.62. The van der Waals surface area contributed by atoms with Crippen LogP contribution >= 0.6 is 11.6 Å². The van der Waals surface area contributed by atoms with Crippen LogP contribution in [0, 0.1) is 0 Å². The van der Waals surface area contributed by atoms with Gasteiger partial charge in [0.15, 0.2) is 0 Å². The Morgan fingerprint density at radius 1 is 1.17 bits per heavy atom. The second-order valence-corrected chi connectivity index (χ2v) is 6.83. The van der Waals surface area contributed by atoms with Crippen molar-refractivity contribution in [2.75, 3.05) is 6.61 Å². The van der Waals surface area contributed by atoms with E-state index < -0.39 is 24.3 Å². The summed E-state index contributed by atoms with van der Waals surface area (Å²) in [7, 11) is 0. The van der Waals surface area contributed by atoms with Crippen LogP contribution in [0.25, 0.3) is 10.9 Å². The summed E-state index contributed by atoms with van der Waals surface area (Å²) in [6.07, 6.45) is 0.434. The monoisotopic (exact) mass is 436 g/mol. The summed E-state index contributed by atoms with van der Waals surface area (Å²) in [6.45, 7) is 1.54. The number of hydrogen-bond acceptors (Lipinski definition) is 5. The first-order valence-corrected chi connectivity index (χ1v) is 9.26. The first-order chi connectivity index (χ1) is 13.8. The maximum Gasteiger partial charge on any atom is 1.00 e. The van der Waals surface area contributed by atoms with E-state index in [1.165, 1.54) is 6.07 Å². The van der Waals surface area contributed by atoms with Crippen molar-refractivity contribution < 1.29 is 53.8 Å². The Balaban J connectivity index is 0.00000320. The van der Waals surface area contributed by atoms with Gasteiger partial charge in [0.25, 0.3) is 11.7 Å². The van der Waals surface area contributed by atoms with Crippen LogP contribution in [0.3, 0.4) is 0 Å². The number of Topliss-reactive ketones (excluding diaryl/α,β-unsaturated/α-hetero) is 1. The number of carbonyl (C=O) groups excluding carboxylic acids is 3. The second kappa shape index (κ2) is 10.1. The van der Waals surface area contributed by atoms with Crippen molar-refractivity contribution in [3.05, 3.63) is 64.3 Å². The smallest absolute Gasteiger partial charge is 0.546 e. The first kappa shape index (κ1) is 24.0. The molecule has 1 amide bonds. The van der Waals surface area contributed by atoms with Gasteiger partial charge in [-0.1, -0.05) is 36.7 Å². The number of fused-ring (bicyclic) bond motifs is 1. The molecule has 9 heteroatoms. The summed E-state index contributed by atoms with van der Waals surface area (Å²) in [5.74, 6) is -3.20. The molecule has 0 atom stereocenters. The summed E-state index contributed by atoms with van der Waals surface area (Å²) in [5.41, 5.74) is 7.49. The van der Waals surface area contributed by atoms with Gasteiger partial charge in [-0.3, -0.25) is 9.59 Å². The molecule has 30 heavy (non-hydrogen) atoms. The van der Waals surface area contributed by atoms with Crippen LogP contribution < -0.4 is 45.1 Å². The van der Waals surface area contributed by atoms with Gasteiger partial charge >= 0.3 is 29.6 Å². The fraction of sp³-hybridized carbons (Fsp3) is 0.190. The maximum absolute atomic E-state index is 12.7. The number of benzene rings is 2. The molecule has 3 rings (SSSR count). The minimum Gasteiger partial charge on any atom is -0.546 e. The molecule has 0 fully saturated rings. The largest absolute Gasteiger partial charge is 1.00 e. The Bertz CT molecular complexity index is 1130. The number of rotatable bonds is 8. The van der Waals surface area contributed by atoms with E-state index in [2.05, 4.69) is 0 Å². The summed E-state index contributed by atoms with van der Waals surface area (Å²) in [5, 5.41) is 11.8. The zero-order valence-corrected chi connectivity index (χ0v) is 19.4. The van der Waals surface area contributed by atoms with Crippen LogP contribution in [0.2, 0.25) is 5.02 Å². The molecule has 0 saturated carbocycles. The van der Waals surface area contributed by atoms with E-state index in [-0.39, 0.29) is 40.9 Å². The fourth-order valence-electron chi connectivity index (χ4n) is 3.41. The molecule has 0 saturated heterocycles. The molecule has 1 aromatic heterocycles. The minimum absolute atomic E-state index is 0. The number of ketones is 1. The van der Waals surface area contributed by atoms with Gasteiger partial charge in [-0.05, 0) is 36.2 Å². The van der Waals surface area contributed by atoms with Crippen LogP contribution in [-0.4, -0.2) is 28.8 Å². The van der Waals surface area contributed by atoms with Gasteiger partial charge in [0.1, 0.15) is 12.4 Å². The van der Waals surface area contributed by atoms with Crippen molar-refractivity contribution >= 4 is 40.2 Å². The number of carbonyl (C=O) groups is 3. The molecule has 0 spiro atoms. The predicted octanol–water partition coefficient (Wildman–Crippen LogP) is -1.29. The number of aromatic nitrogens is 1. The van der Waals surface area contributed by atoms with Crippen LogP contribution in [0.5, 0.6) is 5.75 Å². The van der Waals surface area contributed by atoms with E-state index in [0.717, 1.165) is 5.56 Å². The van der Waals surface area contributed by atoms with E-state index in [9.17, 15) is 19.5 Å². The average Bonchev–Trinajstić information content (AvgIpc) is 2.99. The standard InChI is InChI=1S/C21H19ClN2O5.Na/c1-2-14-19(20(27)21(23)28)18-15(7-4-8-16(18)29-11-17(25)26)24(14)10-12-5-3-6-13(22)9-12;/h3-9H,2,10-11H2,1H3,(H2,23,28)(H,25,26);/q;+1/p-1. The van der Waals surface area contributed by atoms with E-state index >= 15 is 0 Å². The zero-order chi connectivity index (χ0) is 21.1. The predicted molar refractivity (Wildman–Crippen MR) is 106 cm³/mol. The van der Waals surface area contributed by atoms with Crippen LogP contribution in [0.15, 0.2) is 42.5 Å². The second-order valence-electron chi connectivity index (χ2n) is 6.40. The molecule has 3 aromatic rings. The van der Waals surface area contributed by atoms with Crippen molar-refractivity contribution in [3.63, 3.8) is 0 Å². The minimum atomic E-state index is -1.40. The van der Waals surface area contributed by atoms with Gasteiger partial charge in [0.05, 0.1) is 22.4 Å². The van der Waals surface area contributed by atoms with E-state index in [4.69, 9.17) is 22.1 Å². The summed E-state index contributed by atoms with van der Waals surface area (Å²) < 4.78 is 7.21. The third-order valence-corrected chi connectivity index (χ3v) is 4.76. The van der Waals surface area contributed by atoms with Crippen molar-refractivity contribution in [1.82, 2.24) is 4.57 Å². The Morgan fingerprint density at radius 2 is 1.87 bits per heavy atom. The number of hydrogen-bond donors (Lipinski definition) is 1. The molecule has 0 aliphatic carbocycles. The molecule has 2 N–H and O–H groups in total. The van der Waals surface area contributed by atoms with Crippen LogP contribution in [-0.2, 0) is 22.6 Å². The Labute approximate surface area is 200 Å². The van der Waals surface area contributed by atoms with Gasteiger partial charge < -0.3 is 24.9 Å². The molecule has 7 nitrogen and oxygen atoms in total. The quantitative estimate of drug-likeness (QED) is 0.268. The molecular weight excluding hydrogens is 419 g/mol. The van der Waals surface area contributed by atoms with Gasteiger partial charge in [0, 0.05) is 17.3 Å². The average molecular weight is 437 g/mol. The summed E-state index contributed by atoms with van der Waals surface area (Å²) >= 11 is 6.09. The van der Waals surface area contributed by atoms with Gasteiger partial charge in [0.2, 0.25) is 0 Å². The Morgan fingerprint density at radius 3 is 2.47 bits per heavy atom. The van der Waals surface area contributed by atoms with Crippen molar-refractivity contribution in [1.29, 1.82) is 0 Å². The topological polar surface area (TPSA) is 114 Å². The molecule has 0 radical (unpaired) electrons. The van der Waals surface area contributed by atoms with Crippen LogP contribution in [0.4, 0.5) is 0 Å². The number of nitrogens with two attached hydrogens (primary N) is 1. The van der Waals surface area contributed by atoms with Crippen molar-refractivity contribution in [2.45, 2.75) is 19.9 Å². The van der Waals surface area contributed by atoms with Crippen LogP contribution in [0.1, 0.15) is 28.5 Å². The van der Waals surface area contributed by atoms with Crippen molar-refractivity contribution in [3.8, 4) is 5.75 Å². The number of carboxylic acids is 1. The molecule has 150 valence electrons. The van der Waals surface area contributed by atoms with E-state index in [1.54, 1.807) is 24.3 Å². The molecule has 0 aliphatic heterocycles. The first-order valence-electron chi connectivity index (χ1n) is 8.88. The van der Waals surface area contributed by atoms with E-state index in [1.807, 2.05) is 23.6 Å².